The number of nitrogens with one attached hydrogen (secondary N) is 1. The molecule has 2 rings (SSSR count). The number of nitro groups is 1. The molecule has 0 radical (unpaired) electrons. The van der Waals surface area contributed by atoms with Crippen molar-refractivity contribution in [2.75, 3.05) is 0 Å². The largest absolute Gasteiger partial charge is 0.352 e. The highest BCUT2D eigenvalue weighted by molar-refractivity contribution is 6.42. The molecule has 0 heterocycles. The van der Waals surface area contributed by atoms with Gasteiger partial charge in [0.15, 0.2) is 0 Å². The second-order valence-electron chi connectivity index (χ2n) is 4.63. The lowest BCUT2D eigenvalue weighted by molar-refractivity contribution is -0.384. The summed E-state index contributed by atoms with van der Waals surface area (Å²) < 4.78 is 0. The van der Waals surface area contributed by atoms with Gasteiger partial charge in [0.2, 0.25) is 5.91 Å². The van der Waals surface area contributed by atoms with Crippen molar-refractivity contribution in [2.24, 2.45) is 0 Å². The van der Waals surface area contributed by atoms with Gasteiger partial charge in [-0.3, -0.25) is 14.9 Å². The number of non-ortho nitro benzene ring substituents is 1. The van der Waals surface area contributed by atoms with E-state index in [0.29, 0.717) is 22.2 Å². The number of nitrogens with zero attached hydrogens (tertiary/aromatic N) is 1. The van der Waals surface area contributed by atoms with E-state index < -0.39 is 4.92 Å². The first kappa shape index (κ1) is 16.3. The maximum atomic E-state index is 11.9. The molecule has 0 aliphatic rings. The molecule has 0 saturated heterocycles. The molecule has 0 saturated carbocycles. The number of nitro benzene ring substituents is 1. The number of rotatable bonds is 5. The van der Waals surface area contributed by atoms with Gasteiger partial charge in [-0.25, -0.2) is 0 Å². The van der Waals surface area contributed by atoms with Crippen LogP contribution in [0.15, 0.2) is 42.5 Å². The minimum atomic E-state index is -0.478. The van der Waals surface area contributed by atoms with Crippen molar-refractivity contribution < 1.29 is 9.72 Å². The third kappa shape index (κ3) is 4.44. The first-order valence-electron chi connectivity index (χ1n) is 6.39. The van der Waals surface area contributed by atoms with Crippen LogP contribution in [0, 0.1) is 10.1 Å². The van der Waals surface area contributed by atoms with Crippen LogP contribution >= 0.6 is 23.2 Å². The topological polar surface area (TPSA) is 72.2 Å². The molecular formula is C15H12Cl2N2O3. The van der Waals surface area contributed by atoms with Crippen molar-refractivity contribution in [1.82, 2.24) is 5.32 Å². The van der Waals surface area contributed by atoms with Gasteiger partial charge in [0, 0.05) is 18.7 Å². The van der Waals surface area contributed by atoms with Crippen molar-refractivity contribution in [3.05, 3.63) is 73.8 Å². The molecule has 0 unspecified atom stereocenters. The summed E-state index contributed by atoms with van der Waals surface area (Å²) in [4.78, 5) is 21.9. The van der Waals surface area contributed by atoms with Gasteiger partial charge in [0.25, 0.3) is 5.69 Å². The third-order valence-corrected chi connectivity index (χ3v) is 3.72. The number of hydrogen-bond acceptors (Lipinski definition) is 3. The molecule has 2 aromatic carbocycles. The van der Waals surface area contributed by atoms with Gasteiger partial charge in [0.1, 0.15) is 0 Å². The first-order valence-corrected chi connectivity index (χ1v) is 7.15. The van der Waals surface area contributed by atoms with Crippen molar-refractivity contribution in [2.45, 2.75) is 13.0 Å². The summed E-state index contributed by atoms with van der Waals surface area (Å²) in [5.41, 5.74) is 1.55. The van der Waals surface area contributed by atoms with E-state index >= 15 is 0 Å². The van der Waals surface area contributed by atoms with Gasteiger partial charge in [-0.15, -0.1) is 0 Å². The molecule has 0 aliphatic carbocycles. The number of carbonyl (C=O) groups is 1. The van der Waals surface area contributed by atoms with Gasteiger partial charge in [-0.05, 0) is 23.3 Å². The smallest absolute Gasteiger partial charge is 0.269 e. The van der Waals surface area contributed by atoms with Gasteiger partial charge in [-0.2, -0.15) is 0 Å². The molecule has 1 N–H and O–H groups in total. The van der Waals surface area contributed by atoms with E-state index in [4.69, 9.17) is 23.2 Å². The Morgan fingerprint density at radius 2 is 1.68 bits per heavy atom. The summed E-state index contributed by atoms with van der Waals surface area (Å²) in [5.74, 6) is -0.181. The van der Waals surface area contributed by atoms with Gasteiger partial charge in [-0.1, -0.05) is 41.4 Å². The summed E-state index contributed by atoms with van der Waals surface area (Å²) >= 11 is 11.7. The van der Waals surface area contributed by atoms with Crippen molar-refractivity contribution >= 4 is 34.8 Å². The van der Waals surface area contributed by atoms with Gasteiger partial charge in [0.05, 0.1) is 21.4 Å². The fourth-order valence-electron chi connectivity index (χ4n) is 1.83. The number of halogens is 2. The summed E-state index contributed by atoms with van der Waals surface area (Å²) in [6.07, 6.45) is 0.152. The molecule has 22 heavy (non-hydrogen) atoms. The SMILES string of the molecule is O=C(Cc1ccc([N+](=O)[O-])cc1)NCc1ccc(Cl)c(Cl)c1. The summed E-state index contributed by atoms with van der Waals surface area (Å²) in [6, 6.07) is 11.0. The van der Waals surface area contributed by atoms with Crippen molar-refractivity contribution in [1.29, 1.82) is 0 Å². The Bertz CT molecular complexity index is 702. The predicted molar refractivity (Wildman–Crippen MR) is 85.1 cm³/mol. The quantitative estimate of drug-likeness (QED) is 0.666. The lowest BCUT2D eigenvalue weighted by Crippen LogP contribution is -2.24. The second-order valence-corrected chi connectivity index (χ2v) is 5.44. The fraction of sp³-hybridized carbons (Fsp3) is 0.133. The summed E-state index contributed by atoms with van der Waals surface area (Å²) in [6.45, 7) is 0.336. The molecular weight excluding hydrogens is 327 g/mol. The molecule has 0 fully saturated rings. The molecule has 0 atom stereocenters. The number of benzene rings is 2. The van der Waals surface area contributed by atoms with Crippen molar-refractivity contribution in [3.8, 4) is 0 Å². The number of hydrogen-bond donors (Lipinski definition) is 1. The Labute approximate surface area is 137 Å². The van der Waals surface area contributed by atoms with Crippen LogP contribution in [-0.2, 0) is 17.8 Å². The maximum absolute atomic E-state index is 11.9. The Hall–Kier alpha value is -2.11. The molecule has 7 heteroatoms. The highest BCUT2D eigenvalue weighted by Gasteiger charge is 2.07. The van der Waals surface area contributed by atoms with Crippen LogP contribution in [0.1, 0.15) is 11.1 Å². The second kappa shape index (κ2) is 7.24. The molecule has 0 aliphatic heterocycles. The monoisotopic (exact) mass is 338 g/mol. The van der Waals surface area contributed by atoms with Crippen LogP contribution in [0.5, 0.6) is 0 Å². The molecule has 114 valence electrons. The number of amides is 1. The molecule has 1 amide bonds. The van der Waals surface area contributed by atoms with Crippen molar-refractivity contribution in [3.63, 3.8) is 0 Å². The van der Waals surface area contributed by atoms with E-state index in [1.54, 1.807) is 30.3 Å². The molecule has 0 bridgehead atoms. The van der Waals surface area contributed by atoms with E-state index in [2.05, 4.69) is 5.32 Å². The minimum Gasteiger partial charge on any atom is -0.352 e. The van der Waals surface area contributed by atoms with E-state index in [1.807, 2.05) is 0 Å². The van der Waals surface area contributed by atoms with Crippen LogP contribution in [0.25, 0.3) is 0 Å². The average Bonchev–Trinajstić information content (AvgIpc) is 2.49. The predicted octanol–water partition coefficient (Wildman–Crippen LogP) is 3.76. The highest BCUT2D eigenvalue weighted by atomic mass is 35.5. The lowest BCUT2D eigenvalue weighted by atomic mass is 10.1. The summed E-state index contributed by atoms with van der Waals surface area (Å²) in [5, 5.41) is 14.2. The molecule has 0 aromatic heterocycles. The van der Waals surface area contributed by atoms with Crippen LogP contribution < -0.4 is 5.32 Å². The van der Waals surface area contributed by atoms with Gasteiger partial charge < -0.3 is 5.32 Å². The zero-order valence-electron chi connectivity index (χ0n) is 11.4. The van der Waals surface area contributed by atoms with E-state index in [1.165, 1.54) is 12.1 Å². The minimum absolute atomic E-state index is 0.0000331. The Morgan fingerprint density at radius 3 is 2.27 bits per heavy atom. The van der Waals surface area contributed by atoms with Gasteiger partial charge >= 0.3 is 0 Å². The zero-order chi connectivity index (χ0) is 16.1. The number of carbonyl (C=O) groups excluding carboxylic acids is 1. The standard InChI is InChI=1S/C15H12Cl2N2O3/c16-13-6-3-11(7-14(13)17)9-18-15(20)8-10-1-4-12(5-2-10)19(21)22/h1-7H,8-9H2,(H,18,20). The maximum Gasteiger partial charge on any atom is 0.269 e. The average molecular weight is 339 g/mol. The summed E-state index contributed by atoms with van der Waals surface area (Å²) in [7, 11) is 0. The van der Waals surface area contributed by atoms with Crippen LogP contribution in [0.2, 0.25) is 10.0 Å². The lowest BCUT2D eigenvalue weighted by Gasteiger charge is -2.06. The van der Waals surface area contributed by atoms with Crippen LogP contribution in [0.3, 0.4) is 0 Å². The molecule has 5 nitrogen and oxygen atoms in total. The first-order chi connectivity index (χ1) is 10.5. The zero-order valence-corrected chi connectivity index (χ0v) is 12.9. The normalized spacial score (nSPS) is 10.3. The van der Waals surface area contributed by atoms with Crippen LogP contribution in [0.4, 0.5) is 5.69 Å². The third-order valence-electron chi connectivity index (χ3n) is 2.99. The van der Waals surface area contributed by atoms with E-state index in [0.717, 1.165) is 5.56 Å². The van der Waals surface area contributed by atoms with Crippen LogP contribution in [-0.4, -0.2) is 10.8 Å². The van der Waals surface area contributed by atoms with E-state index in [-0.39, 0.29) is 18.0 Å². The highest BCUT2D eigenvalue weighted by Crippen LogP contribution is 2.22. The Kier molecular flexibility index (Phi) is 5.35. The Morgan fingerprint density at radius 1 is 1.05 bits per heavy atom. The van der Waals surface area contributed by atoms with E-state index in [9.17, 15) is 14.9 Å². The fourth-order valence-corrected chi connectivity index (χ4v) is 2.15. The Balaban J connectivity index is 1.89. The molecule has 2 aromatic rings. The molecule has 0 spiro atoms.